The van der Waals surface area contributed by atoms with Crippen molar-refractivity contribution in [2.75, 3.05) is 20.6 Å². The third-order valence-corrected chi connectivity index (χ3v) is 8.65. The van der Waals surface area contributed by atoms with Crippen molar-refractivity contribution in [1.82, 2.24) is 10.4 Å². The molecule has 3 rings (SSSR count). The number of carbonyl (C=O) groups is 3. The van der Waals surface area contributed by atoms with E-state index in [1.54, 1.807) is 27.9 Å². The highest BCUT2D eigenvalue weighted by molar-refractivity contribution is 5.92. The van der Waals surface area contributed by atoms with Gasteiger partial charge >= 0.3 is 12.1 Å². The summed E-state index contributed by atoms with van der Waals surface area (Å²) in [5.74, 6) is -2.22. The summed E-state index contributed by atoms with van der Waals surface area (Å²) in [5, 5.41) is 35.3. The summed E-state index contributed by atoms with van der Waals surface area (Å²) < 4.78 is 11.9. The highest BCUT2D eigenvalue weighted by Gasteiger charge is 2.81. The summed E-state index contributed by atoms with van der Waals surface area (Å²) in [6.07, 6.45) is -3.39. The first-order valence-electron chi connectivity index (χ1n) is 12.2. The zero-order chi connectivity index (χ0) is 27.5. The number of nitrogens with zero attached hydrogens (tertiary/aromatic N) is 1. The van der Waals surface area contributed by atoms with Gasteiger partial charge in [-0.25, -0.2) is 9.59 Å². The van der Waals surface area contributed by atoms with E-state index in [0.717, 1.165) is 0 Å². The minimum atomic E-state index is -2.34. The molecule has 1 aliphatic heterocycles. The van der Waals surface area contributed by atoms with Crippen LogP contribution >= 0.6 is 0 Å². The summed E-state index contributed by atoms with van der Waals surface area (Å²) in [5.41, 5.74) is -5.86. The number of Topliss-reactive ketones (excluding diaryl/α,β-unsaturated/α-hetero) is 1. The number of hydroxylamine groups is 1. The molecule has 1 amide bonds. The number of aliphatic hydroxyl groups is 3. The molecule has 1 saturated heterocycles. The Kier molecular flexibility index (Phi) is 7.17. The second-order valence-corrected chi connectivity index (χ2v) is 12.0. The molecule has 0 unspecified atom stereocenters. The van der Waals surface area contributed by atoms with Crippen LogP contribution in [-0.2, 0) is 23.9 Å². The van der Waals surface area contributed by atoms with Gasteiger partial charge in [-0.15, -0.1) is 12.1 Å². The largest absolute Gasteiger partial charge is 0.441 e. The van der Waals surface area contributed by atoms with Gasteiger partial charge in [0, 0.05) is 17.8 Å². The van der Waals surface area contributed by atoms with Crippen LogP contribution < -0.4 is 5.48 Å². The second kappa shape index (κ2) is 9.05. The van der Waals surface area contributed by atoms with E-state index >= 15 is 0 Å². The van der Waals surface area contributed by atoms with Crippen molar-refractivity contribution in [3.8, 4) is 0 Å². The van der Waals surface area contributed by atoms with E-state index in [0.29, 0.717) is 12.8 Å². The molecular formula is C25H40N2O9. The minimum Gasteiger partial charge on any atom is -0.438 e. The van der Waals surface area contributed by atoms with Gasteiger partial charge in [-0.05, 0) is 46.2 Å². The third kappa shape index (κ3) is 4.05. The van der Waals surface area contributed by atoms with E-state index < -0.39 is 69.7 Å². The van der Waals surface area contributed by atoms with Crippen LogP contribution in [0.2, 0.25) is 0 Å². The van der Waals surface area contributed by atoms with Crippen LogP contribution in [0.15, 0.2) is 12.7 Å². The molecule has 1 heterocycles. The topological polar surface area (TPSA) is 155 Å². The van der Waals surface area contributed by atoms with Gasteiger partial charge in [0.15, 0.2) is 17.5 Å². The maximum Gasteiger partial charge on any atom is 0.441 e. The Balaban J connectivity index is 2.09. The lowest BCUT2D eigenvalue weighted by Crippen LogP contribution is -2.86. The molecule has 0 aromatic heterocycles. The van der Waals surface area contributed by atoms with Gasteiger partial charge in [0.1, 0.15) is 5.60 Å². The number of likely N-dealkylation sites (N-methyl/N-ethyl adjacent to an activating group) is 1. The fraction of sp³-hybridized carbons (Fsp3) is 0.800. The number of hydrogen-bond acceptors (Lipinski definition) is 10. The standard InChI is InChI=1S/C25H40N2O9/c1-9-22(4)12-15(29)25(33)23(5)14(28)10-11-21(2,3)18(23)17(31)19(24(25,6)36-22)34-20(32)26-35-16(30)13-27(7)8/h9,14,17-19,28,31,33H,1,10-13H2,2-8H3,(H,26,32)/t14-,17-,18-,19-,22-,23-,24+,25-/m0/s1. The van der Waals surface area contributed by atoms with Crippen molar-refractivity contribution >= 4 is 17.8 Å². The minimum absolute atomic E-state index is 0.106. The number of fused-ring (bicyclic) bond motifs is 3. The van der Waals surface area contributed by atoms with Crippen LogP contribution in [-0.4, -0.2) is 93.8 Å². The van der Waals surface area contributed by atoms with Gasteiger partial charge in [-0.1, -0.05) is 26.8 Å². The summed E-state index contributed by atoms with van der Waals surface area (Å²) in [7, 11) is 3.29. The molecule has 36 heavy (non-hydrogen) atoms. The molecule has 11 heteroatoms. The molecule has 2 aliphatic carbocycles. The van der Waals surface area contributed by atoms with Crippen molar-refractivity contribution in [2.24, 2.45) is 16.7 Å². The molecule has 3 aliphatic rings. The second-order valence-electron chi connectivity index (χ2n) is 12.0. The normalized spacial score (nSPS) is 43.7. The van der Waals surface area contributed by atoms with E-state index in [-0.39, 0.29) is 13.0 Å². The highest BCUT2D eigenvalue weighted by atomic mass is 16.7. The van der Waals surface area contributed by atoms with E-state index in [1.165, 1.54) is 17.9 Å². The van der Waals surface area contributed by atoms with Gasteiger partial charge in [0.25, 0.3) is 0 Å². The van der Waals surface area contributed by atoms with Gasteiger partial charge in [-0.3, -0.25) is 9.69 Å². The lowest BCUT2D eigenvalue weighted by Gasteiger charge is -2.71. The molecule has 0 radical (unpaired) electrons. The van der Waals surface area contributed by atoms with Crippen molar-refractivity contribution in [3.63, 3.8) is 0 Å². The lowest BCUT2D eigenvalue weighted by atomic mass is 9.40. The Morgan fingerprint density at radius 1 is 1.22 bits per heavy atom. The molecule has 0 aromatic carbocycles. The van der Waals surface area contributed by atoms with Crippen molar-refractivity contribution in [3.05, 3.63) is 12.7 Å². The molecule has 11 nitrogen and oxygen atoms in total. The van der Waals surface area contributed by atoms with E-state index in [9.17, 15) is 29.7 Å². The number of ketones is 1. The predicted octanol–water partition coefficient (Wildman–Crippen LogP) is 0.703. The first-order valence-corrected chi connectivity index (χ1v) is 12.2. The summed E-state index contributed by atoms with van der Waals surface area (Å²) >= 11 is 0. The zero-order valence-electron chi connectivity index (χ0n) is 22.2. The average Bonchev–Trinajstić information content (AvgIpc) is 2.75. The first-order chi connectivity index (χ1) is 16.4. The highest BCUT2D eigenvalue weighted by Crippen LogP contribution is 2.67. The Morgan fingerprint density at radius 3 is 2.39 bits per heavy atom. The molecule has 0 spiro atoms. The number of amides is 1. The maximum absolute atomic E-state index is 13.8. The van der Waals surface area contributed by atoms with E-state index in [2.05, 4.69) is 6.58 Å². The van der Waals surface area contributed by atoms with Crippen LogP contribution in [0.25, 0.3) is 0 Å². The van der Waals surface area contributed by atoms with Crippen LogP contribution in [0.1, 0.15) is 53.9 Å². The first kappa shape index (κ1) is 28.5. The van der Waals surface area contributed by atoms with Crippen LogP contribution in [0.4, 0.5) is 4.79 Å². The Hall–Kier alpha value is -2.05. The average molecular weight is 513 g/mol. The smallest absolute Gasteiger partial charge is 0.438 e. The fourth-order valence-corrected chi connectivity index (χ4v) is 7.01. The van der Waals surface area contributed by atoms with E-state index in [4.69, 9.17) is 14.3 Å². The molecule has 4 N–H and O–H groups in total. The van der Waals surface area contributed by atoms with Crippen molar-refractivity contribution in [2.45, 2.75) is 89.0 Å². The van der Waals surface area contributed by atoms with Crippen molar-refractivity contribution in [1.29, 1.82) is 0 Å². The van der Waals surface area contributed by atoms with Gasteiger partial charge < -0.3 is 29.6 Å². The molecule has 3 fully saturated rings. The Labute approximate surface area is 211 Å². The Morgan fingerprint density at radius 2 is 1.83 bits per heavy atom. The van der Waals surface area contributed by atoms with Crippen LogP contribution in [0.5, 0.6) is 0 Å². The maximum atomic E-state index is 13.8. The molecule has 8 atom stereocenters. The summed E-state index contributed by atoms with van der Waals surface area (Å²) in [6, 6.07) is 0. The number of carbonyl (C=O) groups excluding carboxylic acids is 3. The molecular weight excluding hydrogens is 472 g/mol. The SMILES string of the molecule is C=C[C@@]1(C)CC(=O)[C@]2(O)[C@@]3(C)[C@@H](O)CCC(C)(C)[C@@H]3[C@H](O)[C@H](OC(=O)NOC(=O)CN(C)C)[C@@]2(C)O1. The van der Waals surface area contributed by atoms with E-state index in [1.807, 2.05) is 19.3 Å². The van der Waals surface area contributed by atoms with Crippen LogP contribution in [0, 0.1) is 16.7 Å². The fourth-order valence-electron chi connectivity index (χ4n) is 7.01. The molecule has 0 bridgehead atoms. The van der Waals surface area contributed by atoms with Gasteiger partial charge in [0.05, 0.1) is 24.4 Å². The summed E-state index contributed by atoms with van der Waals surface area (Å²) in [4.78, 5) is 44.6. The van der Waals surface area contributed by atoms with Gasteiger partial charge in [0.2, 0.25) is 0 Å². The number of hydrogen-bond donors (Lipinski definition) is 4. The monoisotopic (exact) mass is 512 g/mol. The number of aliphatic hydroxyl groups excluding tert-OH is 2. The molecule has 0 aromatic rings. The molecule has 204 valence electrons. The zero-order valence-corrected chi connectivity index (χ0v) is 22.2. The number of nitrogens with one attached hydrogen (secondary N) is 1. The Bertz CT molecular complexity index is 938. The summed E-state index contributed by atoms with van der Waals surface area (Å²) in [6.45, 7) is 12.0. The predicted molar refractivity (Wildman–Crippen MR) is 127 cm³/mol. The third-order valence-electron chi connectivity index (χ3n) is 8.65. The quantitative estimate of drug-likeness (QED) is 0.313. The number of rotatable bonds is 4. The lowest BCUT2D eigenvalue weighted by molar-refractivity contribution is -0.369. The van der Waals surface area contributed by atoms with Crippen LogP contribution in [0.3, 0.4) is 0 Å². The molecule has 2 saturated carbocycles. The number of ether oxygens (including phenoxy) is 2. The van der Waals surface area contributed by atoms with Gasteiger partial charge in [-0.2, -0.15) is 0 Å². The van der Waals surface area contributed by atoms with Crippen molar-refractivity contribution < 1.29 is 44.0 Å².